The van der Waals surface area contributed by atoms with Crippen molar-refractivity contribution in [2.75, 3.05) is 6.54 Å². The van der Waals surface area contributed by atoms with Crippen molar-refractivity contribution in [2.24, 2.45) is 5.73 Å². The van der Waals surface area contributed by atoms with Gasteiger partial charge in [-0.05, 0) is 12.8 Å². The molecule has 24 heavy (non-hydrogen) atoms. The molecule has 7 nitrogen and oxygen atoms in total. The van der Waals surface area contributed by atoms with Crippen molar-refractivity contribution in [1.29, 1.82) is 0 Å². The van der Waals surface area contributed by atoms with Gasteiger partial charge >= 0.3 is 11.9 Å². The van der Waals surface area contributed by atoms with Gasteiger partial charge in [0.1, 0.15) is 6.04 Å². The Morgan fingerprint density at radius 1 is 0.750 bits per heavy atom. The molecule has 0 heterocycles. The zero-order chi connectivity index (χ0) is 18.2. The number of nitrogens with one attached hydrogen (secondary N) is 1. The molecule has 0 aromatic heterocycles. The van der Waals surface area contributed by atoms with E-state index in [1.165, 1.54) is 12.8 Å². The predicted molar refractivity (Wildman–Crippen MR) is 91.7 cm³/mol. The summed E-state index contributed by atoms with van der Waals surface area (Å²) in [6.45, 7) is -0.0272. The van der Waals surface area contributed by atoms with E-state index in [2.05, 4.69) is 5.32 Å². The summed E-state index contributed by atoms with van der Waals surface area (Å²) in [6, 6.07) is -1.04. The van der Waals surface area contributed by atoms with Crippen LogP contribution in [0, 0.1) is 0 Å². The van der Waals surface area contributed by atoms with Gasteiger partial charge < -0.3 is 21.3 Å². The first-order valence-electron chi connectivity index (χ1n) is 8.90. The molecule has 7 heteroatoms. The molecule has 0 saturated carbocycles. The third kappa shape index (κ3) is 15.3. The lowest BCUT2D eigenvalue weighted by molar-refractivity contribution is -0.139. The lowest BCUT2D eigenvalue weighted by atomic mass is 10.1. The molecule has 1 amide bonds. The second-order valence-corrected chi connectivity index (χ2v) is 6.18. The molecule has 0 radical (unpaired) electrons. The quantitative estimate of drug-likeness (QED) is 0.318. The third-order valence-electron chi connectivity index (χ3n) is 3.88. The van der Waals surface area contributed by atoms with Crippen LogP contribution in [0.5, 0.6) is 0 Å². The first kappa shape index (κ1) is 22.4. The van der Waals surface area contributed by atoms with Gasteiger partial charge in [-0.15, -0.1) is 0 Å². The van der Waals surface area contributed by atoms with Crippen molar-refractivity contribution in [1.82, 2.24) is 5.32 Å². The molecule has 5 N–H and O–H groups in total. The van der Waals surface area contributed by atoms with Gasteiger partial charge in [0.25, 0.3) is 0 Å². The number of carbonyl (C=O) groups excluding carboxylic acids is 1. The van der Waals surface area contributed by atoms with Gasteiger partial charge in [0.2, 0.25) is 5.91 Å². The lowest BCUT2D eigenvalue weighted by Gasteiger charge is -2.08. The molecule has 0 aliphatic carbocycles. The largest absolute Gasteiger partial charge is 0.481 e. The minimum Gasteiger partial charge on any atom is -0.481 e. The molecule has 0 aliphatic rings. The van der Waals surface area contributed by atoms with Gasteiger partial charge in [-0.2, -0.15) is 0 Å². The Balaban J connectivity index is 3.26. The van der Waals surface area contributed by atoms with Crippen LogP contribution in [0.1, 0.15) is 77.0 Å². The molecule has 140 valence electrons. The van der Waals surface area contributed by atoms with Crippen molar-refractivity contribution in [2.45, 2.75) is 83.1 Å². The number of aliphatic carboxylic acids is 2. The lowest BCUT2D eigenvalue weighted by Crippen LogP contribution is -2.42. The Morgan fingerprint density at radius 2 is 1.17 bits per heavy atom. The zero-order valence-corrected chi connectivity index (χ0v) is 14.5. The molecule has 0 bridgehead atoms. The van der Waals surface area contributed by atoms with Gasteiger partial charge in [0.15, 0.2) is 0 Å². The number of nitrogens with two attached hydrogens (primary N) is 1. The minimum atomic E-state index is -1.11. The number of carboxylic acids is 2. The Morgan fingerprint density at radius 3 is 1.58 bits per heavy atom. The van der Waals surface area contributed by atoms with Crippen molar-refractivity contribution in [3.63, 3.8) is 0 Å². The van der Waals surface area contributed by atoms with E-state index in [1.807, 2.05) is 0 Å². The summed E-state index contributed by atoms with van der Waals surface area (Å²) in [4.78, 5) is 32.3. The Hall–Kier alpha value is -1.63. The van der Waals surface area contributed by atoms with E-state index >= 15 is 0 Å². The number of amides is 1. The number of rotatable bonds is 16. The highest BCUT2D eigenvalue weighted by Crippen LogP contribution is 2.11. The second-order valence-electron chi connectivity index (χ2n) is 6.18. The van der Waals surface area contributed by atoms with Crippen LogP contribution in [0.2, 0.25) is 0 Å². The Bertz CT molecular complexity index is 374. The fourth-order valence-electron chi connectivity index (χ4n) is 2.38. The van der Waals surface area contributed by atoms with E-state index in [0.717, 1.165) is 51.4 Å². The smallest absolute Gasteiger partial charge is 0.322 e. The van der Waals surface area contributed by atoms with E-state index in [0.29, 0.717) is 6.42 Å². The SMILES string of the molecule is NC(CNC(=O)CCCCCCCCCCCCC(=O)O)C(=O)O. The summed E-state index contributed by atoms with van der Waals surface area (Å²) in [5.74, 6) is -1.97. The zero-order valence-electron chi connectivity index (χ0n) is 14.5. The minimum absolute atomic E-state index is 0.0272. The molecular formula is C17H32N2O5. The molecule has 0 saturated heterocycles. The number of hydrogen-bond acceptors (Lipinski definition) is 4. The first-order chi connectivity index (χ1) is 11.4. The standard InChI is InChI=1S/C17H32N2O5/c18-14(17(23)24)13-19-15(20)11-9-7-5-3-1-2-4-6-8-10-12-16(21)22/h14H,1-13,18H2,(H,19,20)(H,21,22)(H,23,24). The van der Waals surface area contributed by atoms with E-state index < -0.39 is 18.0 Å². The molecule has 0 aliphatic heterocycles. The van der Waals surface area contributed by atoms with Crippen LogP contribution in [-0.4, -0.2) is 40.6 Å². The fourth-order valence-corrected chi connectivity index (χ4v) is 2.38. The molecule has 0 aromatic rings. The highest BCUT2D eigenvalue weighted by atomic mass is 16.4. The maximum absolute atomic E-state index is 11.5. The van der Waals surface area contributed by atoms with Crippen molar-refractivity contribution >= 4 is 17.8 Å². The van der Waals surface area contributed by atoms with Crippen LogP contribution in [0.25, 0.3) is 0 Å². The van der Waals surface area contributed by atoms with Crippen LogP contribution in [0.4, 0.5) is 0 Å². The molecule has 0 fully saturated rings. The summed E-state index contributed by atoms with van der Waals surface area (Å²) in [5.41, 5.74) is 5.30. The monoisotopic (exact) mass is 344 g/mol. The Kier molecular flexibility index (Phi) is 13.9. The molecule has 0 rings (SSSR count). The third-order valence-corrected chi connectivity index (χ3v) is 3.88. The van der Waals surface area contributed by atoms with Crippen LogP contribution >= 0.6 is 0 Å². The molecule has 0 spiro atoms. The van der Waals surface area contributed by atoms with Crippen LogP contribution in [-0.2, 0) is 14.4 Å². The molecule has 0 aromatic carbocycles. The molecule has 1 unspecified atom stereocenters. The van der Waals surface area contributed by atoms with Crippen LogP contribution in [0.15, 0.2) is 0 Å². The van der Waals surface area contributed by atoms with Crippen molar-refractivity contribution < 1.29 is 24.6 Å². The second kappa shape index (κ2) is 14.9. The van der Waals surface area contributed by atoms with E-state index in [-0.39, 0.29) is 18.9 Å². The summed E-state index contributed by atoms with van der Waals surface area (Å²) in [5, 5.41) is 19.6. The van der Waals surface area contributed by atoms with Crippen LogP contribution < -0.4 is 11.1 Å². The van der Waals surface area contributed by atoms with E-state index in [1.54, 1.807) is 0 Å². The highest BCUT2D eigenvalue weighted by Gasteiger charge is 2.12. The predicted octanol–water partition coefficient (Wildman–Crippen LogP) is 2.28. The van der Waals surface area contributed by atoms with Gasteiger partial charge in [0, 0.05) is 19.4 Å². The maximum atomic E-state index is 11.5. The topological polar surface area (TPSA) is 130 Å². The molecule has 1 atom stereocenters. The average Bonchev–Trinajstić information content (AvgIpc) is 2.53. The van der Waals surface area contributed by atoms with Gasteiger partial charge in [0.05, 0.1) is 0 Å². The summed E-state index contributed by atoms with van der Waals surface area (Å²) >= 11 is 0. The normalized spacial score (nSPS) is 11.9. The summed E-state index contributed by atoms with van der Waals surface area (Å²) < 4.78 is 0. The fraction of sp³-hybridized carbons (Fsp3) is 0.824. The van der Waals surface area contributed by atoms with Crippen LogP contribution in [0.3, 0.4) is 0 Å². The summed E-state index contributed by atoms with van der Waals surface area (Å²) in [7, 11) is 0. The number of hydrogen-bond donors (Lipinski definition) is 4. The number of carboxylic acid groups (broad SMARTS) is 2. The molecular weight excluding hydrogens is 312 g/mol. The summed E-state index contributed by atoms with van der Waals surface area (Å²) in [6.07, 6.45) is 11.1. The maximum Gasteiger partial charge on any atom is 0.322 e. The Labute approximate surface area is 144 Å². The van der Waals surface area contributed by atoms with E-state index in [4.69, 9.17) is 15.9 Å². The number of carbonyl (C=O) groups is 3. The van der Waals surface area contributed by atoms with Gasteiger partial charge in [-0.1, -0.05) is 51.4 Å². The van der Waals surface area contributed by atoms with Crippen molar-refractivity contribution in [3.05, 3.63) is 0 Å². The first-order valence-corrected chi connectivity index (χ1v) is 8.90. The van der Waals surface area contributed by atoms with E-state index in [9.17, 15) is 14.4 Å². The number of unbranched alkanes of at least 4 members (excludes halogenated alkanes) is 9. The highest BCUT2D eigenvalue weighted by molar-refractivity contribution is 5.78. The van der Waals surface area contributed by atoms with Gasteiger partial charge in [-0.3, -0.25) is 14.4 Å². The average molecular weight is 344 g/mol. The van der Waals surface area contributed by atoms with Crippen molar-refractivity contribution in [3.8, 4) is 0 Å². The van der Waals surface area contributed by atoms with Gasteiger partial charge in [-0.25, -0.2) is 0 Å².